The molecule has 1 nitrogen and oxygen atoms in total. The van der Waals surface area contributed by atoms with Crippen LogP contribution >= 0.6 is 0 Å². The maximum absolute atomic E-state index is 2.40. The first kappa shape index (κ1) is 35.7. The van der Waals surface area contributed by atoms with Crippen molar-refractivity contribution < 1.29 is 0 Å². The van der Waals surface area contributed by atoms with E-state index in [2.05, 4.69) is 243 Å². The Kier molecular flexibility index (Phi) is 8.57. The average molecular weight is 766 g/mol. The van der Waals surface area contributed by atoms with Gasteiger partial charge in [-0.25, -0.2) is 0 Å². The van der Waals surface area contributed by atoms with E-state index in [0.29, 0.717) is 0 Å². The standard InChI is InChI=1S/C59H43N/c1-59(2)56-28-16-15-25-51(56)52-36-34-44(39-57(52)59)60(42-19-7-4-8-20-42)43-32-29-40(30-33-43)31-35-50-48-23-11-13-26-53(48)58(54-27-14-12-24-49(50)54)55-38-37-45(41-17-5-3-6-18-41)46-21-9-10-22-47(46)55/h3-39H,1-2H3/b35-31+. The molecular formula is C59H43N. The molecule has 0 bridgehead atoms. The Morgan fingerprint density at radius 2 is 0.833 bits per heavy atom. The fraction of sp³-hybridized carbons (Fsp3) is 0.0508. The van der Waals surface area contributed by atoms with Gasteiger partial charge in [0.2, 0.25) is 0 Å². The highest BCUT2D eigenvalue weighted by Crippen LogP contribution is 2.51. The van der Waals surface area contributed by atoms with E-state index >= 15 is 0 Å². The summed E-state index contributed by atoms with van der Waals surface area (Å²) in [5.41, 5.74) is 16.2. The van der Waals surface area contributed by atoms with Gasteiger partial charge in [-0.05, 0) is 124 Å². The second-order valence-corrected chi connectivity index (χ2v) is 16.4. The summed E-state index contributed by atoms with van der Waals surface area (Å²) in [7, 11) is 0. The Hall–Kier alpha value is -7.48. The Labute approximate surface area is 352 Å². The van der Waals surface area contributed by atoms with Gasteiger partial charge in [0.05, 0.1) is 0 Å². The lowest BCUT2D eigenvalue weighted by Gasteiger charge is -2.28. The van der Waals surface area contributed by atoms with E-state index in [0.717, 1.165) is 22.6 Å². The van der Waals surface area contributed by atoms with Crippen molar-refractivity contribution in [3.8, 4) is 33.4 Å². The fourth-order valence-electron chi connectivity index (χ4n) is 9.79. The molecule has 1 heteroatoms. The lowest BCUT2D eigenvalue weighted by atomic mass is 9.82. The highest BCUT2D eigenvalue weighted by Gasteiger charge is 2.35. The number of nitrogens with zero attached hydrogens (tertiary/aromatic N) is 1. The zero-order valence-corrected chi connectivity index (χ0v) is 33.8. The smallest absolute Gasteiger partial charge is 0.0465 e. The van der Waals surface area contributed by atoms with Crippen LogP contribution in [0.3, 0.4) is 0 Å². The summed E-state index contributed by atoms with van der Waals surface area (Å²) in [6.45, 7) is 4.70. The van der Waals surface area contributed by atoms with Crippen LogP contribution < -0.4 is 4.90 Å². The van der Waals surface area contributed by atoms with Gasteiger partial charge in [0, 0.05) is 22.5 Å². The van der Waals surface area contributed by atoms with Crippen LogP contribution in [0.15, 0.2) is 212 Å². The van der Waals surface area contributed by atoms with Crippen LogP contribution in [0.25, 0.3) is 77.9 Å². The molecule has 0 unspecified atom stereocenters. The number of fused-ring (bicyclic) bond motifs is 6. The summed E-state index contributed by atoms with van der Waals surface area (Å²) in [5, 5.41) is 7.51. The van der Waals surface area contributed by atoms with Gasteiger partial charge in [0.1, 0.15) is 0 Å². The summed E-state index contributed by atoms with van der Waals surface area (Å²) < 4.78 is 0. The number of para-hydroxylation sites is 1. The van der Waals surface area contributed by atoms with Gasteiger partial charge in [-0.3, -0.25) is 0 Å². The van der Waals surface area contributed by atoms with Crippen LogP contribution in [0.4, 0.5) is 17.1 Å². The number of hydrogen-bond donors (Lipinski definition) is 0. The van der Waals surface area contributed by atoms with Crippen molar-refractivity contribution >= 4 is 61.5 Å². The lowest BCUT2D eigenvalue weighted by Crippen LogP contribution is -2.16. The second-order valence-electron chi connectivity index (χ2n) is 16.4. The topological polar surface area (TPSA) is 3.24 Å². The van der Waals surface area contributed by atoms with Crippen molar-refractivity contribution in [3.05, 3.63) is 235 Å². The maximum Gasteiger partial charge on any atom is 0.0465 e. The highest BCUT2D eigenvalue weighted by molar-refractivity contribution is 6.21. The molecular weight excluding hydrogens is 723 g/mol. The van der Waals surface area contributed by atoms with Gasteiger partial charge in [0.15, 0.2) is 0 Å². The fourth-order valence-corrected chi connectivity index (χ4v) is 9.79. The van der Waals surface area contributed by atoms with E-state index in [1.807, 2.05) is 0 Å². The molecule has 0 atom stereocenters. The minimum absolute atomic E-state index is 0.0771. The highest BCUT2D eigenvalue weighted by atomic mass is 15.1. The summed E-state index contributed by atoms with van der Waals surface area (Å²) in [4.78, 5) is 2.38. The van der Waals surface area contributed by atoms with Crippen molar-refractivity contribution in [1.82, 2.24) is 0 Å². The molecule has 0 heterocycles. The molecule has 0 N–H and O–H groups in total. The maximum atomic E-state index is 2.40. The predicted octanol–water partition coefficient (Wildman–Crippen LogP) is 16.4. The van der Waals surface area contributed by atoms with Crippen molar-refractivity contribution in [2.24, 2.45) is 0 Å². The SMILES string of the molecule is CC1(C)c2ccccc2-c2ccc(N(c3ccccc3)c3ccc(/C=C/c4c5ccccc5c(-c5ccc(-c6ccccc6)c6ccccc56)c5ccccc45)cc3)cc21. The molecule has 0 radical (unpaired) electrons. The van der Waals surface area contributed by atoms with Crippen LogP contribution in [-0.2, 0) is 5.41 Å². The van der Waals surface area contributed by atoms with Gasteiger partial charge in [0.25, 0.3) is 0 Å². The minimum Gasteiger partial charge on any atom is -0.310 e. The quantitative estimate of drug-likeness (QED) is 0.115. The van der Waals surface area contributed by atoms with Crippen LogP contribution in [0, 0.1) is 0 Å². The summed E-state index contributed by atoms with van der Waals surface area (Å²) in [6.07, 6.45) is 4.58. The molecule has 1 aliphatic carbocycles. The molecule has 0 aromatic heterocycles. The van der Waals surface area contributed by atoms with E-state index in [9.17, 15) is 0 Å². The first-order valence-corrected chi connectivity index (χ1v) is 20.9. The molecule has 0 amide bonds. The molecule has 0 fully saturated rings. The Balaban J connectivity index is 0.993. The van der Waals surface area contributed by atoms with E-state index < -0.39 is 0 Å². The lowest BCUT2D eigenvalue weighted by molar-refractivity contribution is 0.660. The van der Waals surface area contributed by atoms with Crippen molar-refractivity contribution in [2.45, 2.75) is 19.3 Å². The Morgan fingerprint density at radius 1 is 0.350 bits per heavy atom. The monoisotopic (exact) mass is 765 g/mol. The van der Waals surface area contributed by atoms with Gasteiger partial charge in [-0.2, -0.15) is 0 Å². The van der Waals surface area contributed by atoms with Gasteiger partial charge in [-0.15, -0.1) is 0 Å². The van der Waals surface area contributed by atoms with Gasteiger partial charge < -0.3 is 4.90 Å². The first-order chi connectivity index (χ1) is 29.5. The third-order valence-electron chi connectivity index (χ3n) is 12.7. The van der Waals surface area contributed by atoms with Gasteiger partial charge in [-0.1, -0.05) is 202 Å². The third-order valence-corrected chi connectivity index (χ3v) is 12.7. The molecule has 10 aromatic rings. The summed E-state index contributed by atoms with van der Waals surface area (Å²) in [6, 6.07) is 77.6. The Bertz CT molecular complexity index is 3210. The largest absolute Gasteiger partial charge is 0.310 e. The molecule has 0 saturated heterocycles. The van der Waals surface area contributed by atoms with Crippen LogP contribution in [-0.4, -0.2) is 0 Å². The molecule has 0 aliphatic heterocycles. The normalized spacial score (nSPS) is 12.9. The molecule has 284 valence electrons. The number of hydrogen-bond acceptors (Lipinski definition) is 1. The van der Waals surface area contributed by atoms with Gasteiger partial charge >= 0.3 is 0 Å². The average Bonchev–Trinajstić information content (AvgIpc) is 3.54. The predicted molar refractivity (Wildman–Crippen MR) is 257 cm³/mol. The summed E-state index contributed by atoms with van der Waals surface area (Å²) >= 11 is 0. The Morgan fingerprint density at radius 3 is 1.52 bits per heavy atom. The minimum atomic E-state index is -0.0771. The van der Waals surface area contributed by atoms with E-state index in [1.54, 1.807) is 0 Å². The number of benzene rings is 10. The summed E-state index contributed by atoms with van der Waals surface area (Å²) in [5.74, 6) is 0. The molecule has 0 saturated carbocycles. The zero-order chi connectivity index (χ0) is 40.2. The molecule has 60 heavy (non-hydrogen) atoms. The number of rotatable bonds is 7. The molecule has 1 aliphatic rings. The number of anilines is 3. The van der Waals surface area contributed by atoms with E-state index in [1.165, 1.54) is 82.4 Å². The molecule has 10 aromatic carbocycles. The zero-order valence-electron chi connectivity index (χ0n) is 33.8. The van der Waals surface area contributed by atoms with Crippen LogP contribution in [0.5, 0.6) is 0 Å². The third kappa shape index (κ3) is 5.85. The second kappa shape index (κ2) is 14.4. The molecule has 0 spiro atoms. The van der Waals surface area contributed by atoms with E-state index in [-0.39, 0.29) is 5.41 Å². The van der Waals surface area contributed by atoms with E-state index in [4.69, 9.17) is 0 Å². The van der Waals surface area contributed by atoms with Crippen molar-refractivity contribution in [2.75, 3.05) is 4.90 Å². The molecule has 11 rings (SSSR count). The first-order valence-electron chi connectivity index (χ1n) is 20.9. The van der Waals surface area contributed by atoms with Crippen LogP contribution in [0.1, 0.15) is 36.1 Å². The van der Waals surface area contributed by atoms with Crippen LogP contribution in [0.2, 0.25) is 0 Å². The van der Waals surface area contributed by atoms with Crippen molar-refractivity contribution in [3.63, 3.8) is 0 Å². The van der Waals surface area contributed by atoms with Crippen molar-refractivity contribution in [1.29, 1.82) is 0 Å².